The number of carbonyl (C=O) groups is 2. The Labute approximate surface area is 204 Å². The maximum absolute atomic E-state index is 13.4. The molecule has 3 aromatic carbocycles. The largest absolute Gasteiger partial charge is 0.351 e. The number of nitrogens with one attached hydrogen (secondary N) is 1. The topological polar surface area (TPSA) is 62.3 Å². The summed E-state index contributed by atoms with van der Waals surface area (Å²) in [5.41, 5.74) is 2.08. The van der Waals surface area contributed by atoms with Gasteiger partial charge in [0.15, 0.2) is 0 Å². The standard InChI is InChI=1S/C28H26ClN3O2/c1-32(28(34)23-12-11-21-6-2-3-7-22(21)19-23)25(18-20-9-13-24(29)14-10-20)15-17-31-27(33)26-8-4-5-16-30-26/h2-14,16,19,25H,15,17-18H2,1H3,(H,31,33)/t25-/m1/s1. The Kier molecular flexibility index (Phi) is 7.55. The van der Waals surface area contributed by atoms with Crippen LogP contribution in [0.1, 0.15) is 32.8 Å². The Morgan fingerprint density at radius 2 is 1.68 bits per heavy atom. The monoisotopic (exact) mass is 471 g/mol. The Morgan fingerprint density at radius 3 is 2.41 bits per heavy atom. The summed E-state index contributed by atoms with van der Waals surface area (Å²) in [5, 5.41) is 5.71. The molecule has 0 saturated heterocycles. The van der Waals surface area contributed by atoms with E-state index in [4.69, 9.17) is 11.6 Å². The third-order valence-electron chi connectivity index (χ3n) is 5.91. The summed E-state index contributed by atoms with van der Waals surface area (Å²) in [5.74, 6) is -0.282. The maximum atomic E-state index is 13.4. The number of likely N-dealkylation sites (N-methyl/N-ethyl adjacent to an activating group) is 1. The van der Waals surface area contributed by atoms with E-state index >= 15 is 0 Å². The van der Waals surface area contributed by atoms with E-state index in [1.165, 1.54) is 0 Å². The summed E-state index contributed by atoms with van der Waals surface area (Å²) in [6.07, 6.45) is 2.83. The Hall–Kier alpha value is -3.70. The van der Waals surface area contributed by atoms with Gasteiger partial charge in [-0.2, -0.15) is 0 Å². The molecule has 172 valence electrons. The van der Waals surface area contributed by atoms with Crippen LogP contribution < -0.4 is 5.32 Å². The Balaban J connectivity index is 1.49. The molecule has 34 heavy (non-hydrogen) atoms. The van der Waals surface area contributed by atoms with Crippen LogP contribution in [0.4, 0.5) is 0 Å². The van der Waals surface area contributed by atoms with Crippen molar-refractivity contribution >= 4 is 34.2 Å². The van der Waals surface area contributed by atoms with Crippen molar-refractivity contribution in [2.24, 2.45) is 0 Å². The molecule has 0 radical (unpaired) electrons. The van der Waals surface area contributed by atoms with E-state index in [0.717, 1.165) is 16.3 Å². The van der Waals surface area contributed by atoms with Gasteiger partial charge in [0, 0.05) is 36.4 Å². The molecule has 0 saturated carbocycles. The highest BCUT2D eigenvalue weighted by molar-refractivity contribution is 6.30. The summed E-state index contributed by atoms with van der Waals surface area (Å²) in [7, 11) is 1.82. The van der Waals surface area contributed by atoms with E-state index < -0.39 is 0 Å². The average molecular weight is 472 g/mol. The quantitative estimate of drug-likeness (QED) is 0.374. The highest BCUT2D eigenvalue weighted by Gasteiger charge is 2.22. The van der Waals surface area contributed by atoms with E-state index in [1.54, 1.807) is 29.3 Å². The number of amides is 2. The Bertz CT molecular complexity index is 1280. The van der Waals surface area contributed by atoms with Crippen molar-refractivity contribution in [1.29, 1.82) is 0 Å². The van der Waals surface area contributed by atoms with Crippen molar-refractivity contribution in [3.8, 4) is 0 Å². The number of fused-ring (bicyclic) bond motifs is 1. The molecule has 4 rings (SSSR count). The van der Waals surface area contributed by atoms with E-state index in [1.807, 2.05) is 73.8 Å². The normalized spacial score (nSPS) is 11.7. The molecule has 1 aromatic heterocycles. The maximum Gasteiger partial charge on any atom is 0.269 e. The predicted octanol–water partition coefficient (Wildman–Crippen LogP) is 5.39. The molecular weight excluding hydrogens is 446 g/mol. The molecule has 6 heteroatoms. The molecule has 1 heterocycles. The second-order valence-electron chi connectivity index (χ2n) is 8.22. The minimum atomic E-state index is -0.227. The Morgan fingerprint density at radius 1 is 0.941 bits per heavy atom. The first-order chi connectivity index (χ1) is 16.5. The van der Waals surface area contributed by atoms with Crippen molar-refractivity contribution in [3.63, 3.8) is 0 Å². The van der Waals surface area contributed by atoms with Gasteiger partial charge in [-0.3, -0.25) is 14.6 Å². The lowest BCUT2D eigenvalue weighted by Crippen LogP contribution is -2.41. The van der Waals surface area contributed by atoms with Gasteiger partial charge < -0.3 is 10.2 Å². The highest BCUT2D eigenvalue weighted by atomic mass is 35.5. The summed E-state index contributed by atoms with van der Waals surface area (Å²) >= 11 is 6.05. The van der Waals surface area contributed by atoms with Crippen LogP contribution in [0.15, 0.2) is 91.1 Å². The van der Waals surface area contributed by atoms with Gasteiger partial charge >= 0.3 is 0 Å². The van der Waals surface area contributed by atoms with Crippen molar-refractivity contribution in [2.45, 2.75) is 18.9 Å². The number of pyridine rings is 1. The van der Waals surface area contributed by atoms with Crippen molar-refractivity contribution in [3.05, 3.63) is 113 Å². The number of carbonyl (C=O) groups excluding carboxylic acids is 2. The van der Waals surface area contributed by atoms with Crippen molar-refractivity contribution < 1.29 is 9.59 Å². The number of halogens is 1. The molecule has 1 atom stereocenters. The second kappa shape index (κ2) is 10.9. The molecule has 0 spiro atoms. The van der Waals surface area contributed by atoms with Gasteiger partial charge in [-0.25, -0.2) is 0 Å². The zero-order chi connectivity index (χ0) is 23.9. The lowest BCUT2D eigenvalue weighted by atomic mass is 10.0. The lowest BCUT2D eigenvalue weighted by molar-refractivity contribution is 0.0723. The van der Waals surface area contributed by atoms with Crippen molar-refractivity contribution in [1.82, 2.24) is 15.2 Å². The van der Waals surface area contributed by atoms with Gasteiger partial charge in [0.05, 0.1) is 0 Å². The first kappa shape index (κ1) is 23.5. The van der Waals surface area contributed by atoms with E-state index in [0.29, 0.717) is 35.7 Å². The van der Waals surface area contributed by atoms with Crippen LogP contribution in [0.2, 0.25) is 5.02 Å². The first-order valence-electron chi connectivity index (χ1n) is 11.2. The molecule has 0 aliphatic heterocycles. The number of hydrogen-bond acceptors (Lipinski definition) is 3. The minimum absolute atomic E-state index is 0.0548. The molecule has 0 aliphatic rings. The van der Waals surface area contributed by atoms with Crippen molar-refractivity contribution in [2.75, 3.05) is 13.6 Å². The van der Waals surface area contributed by atoms with Crippen LogP contribution >= 0.6 is 11.6 Å². The zero-order valence-electron chi connectivity index (χ0n) is 18.9. The predicted molar refractivity (Wildman–Crippen MR) is 136 cm³/mol. The number of rotatable bonds is 8. The molecular formula is C28H26ClN3O2. The van der Waals surface area contributed by atoms with Crippen LogP contribution in [-0.2, 0) is 6.42 Å². The molecule has 0 unspecified atom stereocenters. The summed E-state index contributed by atoms with van der Waals surface area (Å²) in [4.78, 5) is 31.7. The number of benzene rings is 3. The fourth-order valence-corrected chi connectivity index (χ4v) is 4.08. The highest BCUT2D eigenvalue weighted by Crippen LogP contribution is 2.20. The fourth-order valence-electron chi connectivity index (χ4n) is 3.96. The third-order valence-corrected chi connectivity index (χ3v) is 6.16. The zero-order valence-corrected chi connectivity index (χ0v) is 19.7. The van der Waals surface area contributed by atoms with Crippen LogP contribution in [0.25, 0.3) is 10.8 Å². The second-order valence-corrected chi connectivity index (χ2v) is 8.66. The van der Waals surface area contributed by atoms with Gasteiger partial charge in [-0.1, -0.05) is 60.1 Å². The van der Waals surface area contributed by atoms with Gasteiger partial charge in [0.2, 0.25) is 0 Å². The average Bonchev–Trinajstić information content (AvgIpc) is 2.88. The van der Waals surface area contributed by atoms with E-state index in [2.05, 4.69) is 10.3 Å². The summed E-state index contributed by atoms with van der Waals surface area (Å²) in [6.45, 7) is 0.420. The number of aromatic nitrogens is 1. The van der Waals surface area contributed by atoms with Crippen LogP contribution in [0.5, 0.6) is 0 Å². The lowest BCUT2D eigenvalue weighted by Gasteiger charge is -2.29. The number of hydrogen-bond donors (Lipinski definition) is 1. The van der Waals surface area contributed by atoms with Gasteiger partial charge in [0.25, 0.3) is 11.8 Å². The van der Waals surface area contributed by atoms with E-state index in [-0.39, 0.29) is 17.9 Å². The molecule has 4 aromatic rings. The summed E-state index contributed by atoms with van der Waals surface area (Å²) < 4.78 is 0. The number of nitrogens with zero attached hydrogens (tertiary/aromatic N) is 2. The summed E-state index contributed by atoms with van der Waals surface area (Å²) in [6, 6.07) is 26.5. The molecule has 0 bridgehead atoms. The van der Waals surface area contributed by atoms with Crippen LogP contribution in [0.3, 0.4) is 0 Å². The van der Waals surface area contributed by atoms with Gasteiger partial charge in [0.1, 0.15) is 5.69 Å². The fraction of sp³-hybridized carbons (Fsp3) is 0.179. The SMILES string of the molecule is CN(C(=O)c1ccc2ccccc2c1)[C@H](CCNC(=O)c1ccccn1)Cc1ccc(Cl)cc1. The molecule has 5 nitrogen and oxygen atoms in total. The molecule has 0 aliphatic carbocycles. The molecule has 2 amide bonds. The minimum Gasteiger partial charge on any atom is -0.351 e. The van der Waals surface area contributed by atoms with Crippen LogP contribution in [0, 0.1) is 0 Å². The van der Waals surface area contributed by atoms with Gasteiger partial charge in [-0.15, -0.1) is 0 Å². The third kappa shape index (κ3) is 5.80. The van der Waals surface area contributed by atoms with Crippen LogP contribution in [-0.4, -0.2) is 41.3 Å². The molecule has 1 N–H and O–H groups in total. The first-order valence-corrected chi connectivity index (χ1v) is 11.6. The smallest absolute Gasteiger partial charge is 0.269 e. The van der Waals surface area contributed by atoms with Gasteiger partial charge in [-0.05, 0) is 65.6 Å². The molecule has 0 fully saturated rings. The van der Waals surface area contributed by atoms with E-state index in [9.17, 15) is 9.59 Å².